The van der Waals surface area contributed by atoms with Crippen molar-refractivity contribution in [1.29, 1.82) is 10.5 Å². The van der Waals surface area contributed by atoms with Gasteiger partial charge in [-0.3, -0.25) is 0 Å². The van der Waals surface area contributed by atoms with Crippen molar-refractivity contribution in [3.63, 3.8) is 0 Å². The molecule has 9 heteroatoms. The first-order valence-electron chi connectivity index (χ1n) is 28.6. The van der Waals surface area contributed by atoms with Crippen molar-refractivity contribution in [3.05, 3.63) is 296 Å². The number of hydrogen-bond acceptors (Lipinski definition) is 5. The topological polar surface area (TPSA) is 105 Å². The fraction of sp³-hybridized carbons (Fsp3) is 0. The van der Waals surface area contributed by atoms with Crippen molar-refractivity contribution in [3.8, 4) is 96.7 Å². The van der Waals surface area contributed by atoms with Crippen LogP contribution in [0.4, 0.5) is 5.69 Å². The van der Waals surface area contributed by atoms with Gasteiger partial charge in [0.15, 0.2) is 23.2 Å². The second-order valence-electron chi connectivity index (χ2n) is 21.6. The lowest BCUT2D eigenvalue weighted by Gasteiger charge is -2.22. The molecule has 0 aliphatic carbocycles. The lowest BCUT2D eigenvalue weighted by molar-refractivity contribution is 1.07. The quantitative estimate of drug-likeness (QED) is 0.134. The monoisotopic (exact) mass is 1110 g/mol. The van der Waals surface area contributed by atoms with Crippen LogP contribution >= 0.6 is 0 Å². The van der Waals surface area contributed by atoms with Crippen LogP contribution in [-0.2, 0) is 0 Å². The molecule has 4 heterocycles. The predicted molar refractivity (Wildman–Crippen MR) is 351 cm³/mol. The Morgan fingerprint density at radius 1 is 0.322 bits per heavy atom. The van der Waals surface area contributed by atoms with E-state index in [-0.39, 0.29) is 16.8 Å². The van der Waals surface area contributed by atoms with E-state index in [0.717, 1.165) is 99.9 Å². The van der Waals surface area contributed by atoms with E-state index in [4.69, 9.17) is 21.5 Å². The van der Waals surface area contributed by atoms with Gasteiger partial charge in [0.2, 0.25) is 0 Å². The smallest absolute Gasteiger partial charge is 0.197 e. The maximum absolute atomic E-state index is 10.6. The molecule has 402 valence electrons. The predicted octanol–water partition coefficient (Wildman–Crippen LogP) is 19.5. The van der Waals surface area contributed by atoms with Crippen LogP contribution in [0.15, 0.2) is 273 Å². The molecule has 87 heavy (non-hydrogen) atoms. The normalized spacial score (nSPS) is 11.4. The fourth-order valence-corrected chi connectivity index (χ4v) is 12.9. The summed E-state index contributed by atoms with van der Waals surface area (Å²) in [5.41, 5.74) is 17.3. The van der Waals surface area contributed by atoms with Gasteiger partial charge in [-0.25, -0.2) is 19.8 Å². The average Bonchev–Trinajstić information content (AvgIpc) is 1.76. The van der Waals surface area contributed by atoms with Crippen LogP contribution in [0.3, 0.4) is 0 Å². The van der Waals surface area contributed by atoms with Gasteiger partial charge in [-0.1, -0.05) is 182 Å². The second-order valence-corrected chi connectivity index (χ2v) is 21.6. The summed E-state index contributed by atoms with van der Waals surface area (Å²) in [6.45, 7) is 8.26. The van der Waals surface area contributed by atoms with Crippen molar-refractivity contribution in [1.82, 2.24) is 28.7 Å². The molecule has 0 fully saturated rings. The molecule has 0 bridgehead atoms. The highest BCUT2D eigenvalue weighted by atomic mass is 15.0. The maximum Gasteiger partial charge on any atom is 0.197 e. The van der Waals surface area contributed by atoms with Crippen LogP contribution in [0.5, 0.6) is 0 Å². The average molecular weight is 1110 g/mol. The Balaban J connectivity index is 1.04. The molecule has 0 saturated heterocycles. The Morgan fingerprint density at radius 2 is 0.724 bits per heavy atom. The highest BCUT2D eigenvalue weighted by Gasteiger charge is 2.26. The first-order valence-corrected chi connectivity index (χ1v) is 28.6. The zero-order valence-corrected chi connectivity index (χ0v) is 46.5. The van der Waals surface area contributed by atoms with Crippen molar-refractivity contribution in [2.24, 2.45) is 0 Å². The van der Waals surface area contributed by atoms with Gasteiger partial charge in [-0.2, -0.15) is 10.5 Å². The van der Waals surface area contributed by atoms with E-state index in [9.17, 15) is 10.5 Å². The van der Waals surface area contributed by atoms with E-state index >= 15 is 0 Å². The minimum Gasteiger partial charge on any atom is -0.309 e. The first kappa shape index (κ1) is 50.3. The maximum atomic E-state index is 10.6. The highest BCUT2D eigenvalue weighted by molar-refractivity contribution is 6.14. The lowest BCUT2D eigenvalue weighted by atomic mass is 9.91. The molecule has 0 aliphatic heterocycles. The summed E-state index contributed by atoms with van der Waals surface area (Å²) in [4.78, 5) is 19.8. The molecule has 0 aliphatic rings. The molecule has 9 nitrogen and oxygen atoms in total. The fourth-order valence-electron chi connectivity index (χ4n) is 12.9. The molecule has 0 saturated carbocycles. The summed E-state index contributed by atoms with van der Waals surface area (Å²) < 4.78 is 7.09. The summed E-state index contributed by atoms with van der Waals surface area (Å²) in [5, 5.41) is 27.1. The van der Waals surface area contributed by atoms with Crippen molar-refractivity contribution in [2.75, 3.05) is 0 Å². The van der Waals surface area contributed by atoms with Gasteiger partial charge in [0.1, 0.15) is 0 Å². The van der Waals surface area contributed by atoms with E-state index < -0.39 is 0 Å². The number of aromatic nitrogens is 6. The number of rotatable bonds is 9. The molecular weight excluding hydrogens is 1060 g/mol. The van der Waals surface area contributed by atoms with Crippen molar-refractivity contribution < 1.29 is 0 Å². The summed E-state index contributed by atoms with van der Waals surface area (Å²) in [6, 6.07) is 98.8. The van der Waals surface area contributed by atoms with Crippen LogP contribution in [0, 0.1) is 29.2 Å². The van der Waals surface area contributed by atoms with Gasteiger partial charge >= 0.3 is 0 Å². The summed E-state index contributed by atoms with van der Waals surface area (Å²) >= 11 is 0. The van der Waals surface area contributed by atoms with Crippen LogP contribution in [0.25, 0.3) is 155 Å². The zero-order valence-electron chi connectivity index (χ0n) is 46.5. The second kappa shape index (κ2) is 20.4. The number of nitrogens with zero attached hydrogens (tertiary/aromatic N) is 9. The molecular formula is C78H45N9. The zero-order chi connectivity index (χ0) is 58.1. The summed E-state index contributed by atoms with van der Waals surface area (Å²) in [5.74, 6) is 1.61. The minimum atomic E-state index is 0.240. The third-order valence-corrected chi connectivity index (χ3v) is 16.7. The van der Waals surface area contributed by atoms with E-state index in [0.29, 0.717) is 28.6 Å². The Morgan fingerprint density at radius 3 is 1.17 bits per heavy atom. The third-order valence-electron chi connectivity index (χ3n) is 16.7. The summed E-state index contributed by atoms with van der Waals surface area (Å²) in [7, 11) is 0. The van der Waals surface area contributed by atoms with Gasteiger partial charge in [-0.15, -0.1) is 0 Å². The number of para-hydroxylation sites is 5. The molecule has 0 N–H and O–H groups in total. The van der Waals surface area contributed by atoms with Crippen LogP contribution in [0.1, 0.15) is 11.1 Å². The van der Waals surface area contributed by atoms with Gasteiger partial charge in [0.25, 0.3) is 0 Å². The number of nitriles is 2. The van der Waals surface area contributed by atoms with Gasteiger partial charge in [0.05, 0.1) is 63.1 Å². The molecule has 16 aromatic rings. The summed E-state index contributed by atoms with van der Waals surface area (Å²) in [6.07, 6.45) is 0. The molecule has 16 rings (SSSR count). The van der Waals surface area contributed by atoms with Crippen molar-refractivity contribution >= 4 is 71.1 Å². The molecule has 0 spiro atoms. The van der Waals surface area contributed by atoms with E-state index in [2.05, 4.69) is 225 Å². The van der Waals surface area contributed by atoms with Crippen LogP contribution in [-0.4, -0.2) is 28.7 Å². The Labute approximate surface area is 499 Å². The molecule has 0 atom stereocenters. The minimum absolute atomic E-state index is 0.240. The lowest BCUT2D eigenvalue weighted by Crippen LogP contribution is -2.05. The molecule has 0 unspecified atom stereocenters. The van der Waals surface area contributed by atoms with E-state index in [1.807, 2.05) is 66.7 Å². The standard InChI is InChI=1S/C78H45N9/c1-81-67-41-49(47-79)40-56(48-80)74(67)54-38-39-73-66(44-54)63-32-12-17-37-72(63)87(73)75-64(52-24-18-26-57(42-52)85-68-33-13-8-28-59(68)60-29-9-14-34-69(60)85)45-55(78-83-76(50-20-4-2-5-21-50)82-77(84-78)51-22-6-3-7-23-51)46-65(75)53-25-19-27-58(43-53)86-70-35-15-10-30-61(70)62-31-11-16-36-71(62)86/h2-46H. The van der Waals surface area contributed by atoms with Crippen LogP contribution < -0.4 is 0 Å². The molecule has 12 aromatic carbocycles. The Hall–Kier alpha value is -12.5. The number of hydrogen-bond donors (Lipinski definition) is 0. The van der Waals surface area contributed by atoms with Crippen molar-refractivity contribution in [2.45, 2.75) is 0 Å². The van der Waals surface area contributed by atoms with Crippen LogP contribution in [0.2, 0.25) is 0 Å². The SMILES string of the molecule is [C-]#[N+]c1cc(C#N)cc(C#N)c1-c1ccc2c(c1)c1ccccc1n2-c1c(-c2cccc(-n3c4ccccc4c4ccccc43)c2)cc(-c2nc(-c3ccccc3)nc(-c3ccccc3)n2)cc1-c1cccc(-n2c3ccccc3c3ccccc32)c1. The van der Waals surface area contributed by atoms with Gasteiger partial charge < -0.3 is 13.7 Å². The Bertz CT molecular complexity index is 5250. The number of fused-ring (bicyclic) bond motifs is 9. The first-order chi connectivity index (χ1) is 43.0. The number of benzene rings is 12. The van der Waals surface area contributed by atoms with E-state index in [1.54, 1.807) is 12.1 Å². The third kappa shape index (κ3) is 8.25. The van der Waals surface area contributed by atoms with E-state index in [1.165, 1.54) is 21.5 Å². The Kier molecular flexibility index (Phi) is 11.8. The highest BCUT2D eigenvalue weighted by Crippen LogP contribution is 2.47. The molecule has 0 amide bonds. The largest absolute Gasteiger partial charge is 0.309 e. The molecule has 4 aromatic heterocycles. The van der Waals surface area contributed by atoms with Gasteiger partial charge in [-0.05, 0) is 108 Å². The van der Waals surface area contributed by atoms with Gasteiger partial charge in [0, 0.05) is 82.6 Å². The molecule has 0 radical (unpaired) electrons.